The number of nitrogens with zero attached hydrogens (tertiary/aromatic N) is 3. The first kappa shape index (κ1) is 24.8. The molecule has 184 valence electrons. The summed E-state index contributed by atoms with van der Waals surface area (Å²) in [6, 6.07) is 7.56. The Morgan fingerprint density at radius 1 is 1.23 bits per heavy atom. The van der Waals surface area contributed by atoms with Crippen LogP contribution in [0.15, 0.2) is 48.6 Å². The number of rotatable bonds is 8. The predicted molar refractivity (Wildman–Crippen MR) is 133 cm³/mol. The van der Waals surface area contributed by atoms with Crippen molar-refractivity contribution in [3.63, 3.8) is 0 Å². The molecular formula is C25H26ClF2N5O2. The Labute approximate surface area is 207 Å². The molecule has 0 radical (unpaired) electrons. The van der Waals surface area contributed by atoms with Crippen LogP contribution in [0.2, 0.25) is 5.02 Å². The number of nitrogens with one attached hydrogen (secondary N) is 2. The van der Waals surface area contributed by atoms with Gasteiger partial charge >= 0.3 is 0 Å². The van der Waals surface area contributed by atoms with E-state index in [1.807, 2.05) is 0 Å². The van der Waals surface area contributed by atoms with E-state index in [1.165, 1.54) is 30.6 Å². The van der Waals surface area contributed by atoms with E-state index >= 15 is 0 Å². The number of likely N-dealkylation sites (N-methyl/N-ethyl adjacent to an activating group) is 1. The van der Waals surface area contributed by atoms with Gasteiger partial charge in [0.1, 0.15) is 23.7 Å². The molecule has 1 aromatic heterocycles. The van der Waals surface area contributed by atoms with Crippen LogP contribution in [0.1, 0.15) is 25.7 Å². The van der Waals surface area contributed by atoms with E-state index < -0.39 is 17.6 Å². The molecule has 1 amide bonds. The molecule has 2 N–H and O–H groups in total. The second-order valence-corrected chi connectivity index (χ2v) is 9.04. The first-order chi connectivity index (χ1) is 16.8. The summed E-state index contributed by atoms with van der Waals surface area (Å²) in [5.74, 6) is -1.49. The number of aromatic nitrogens is 2. The number of halogens is 3. The number of benzene rings is 2. The number of carbonyl (C=O) groups excluding carboxylic acids is 1. The molecule has 10 heteroatoms. The molecular weight excluding hydrogens is 476 g/mol. The molecule has 4 rings (SSSR count). The van der Waals surface area contributed by atoms with Crippen molar-refractivity contribution in [2.75, 3.05) is 31.3 Å². The normalized spacial score (nSPS) is 14.5. The third-order valence-corrected chi connectivity index (χ3v) is 5.91. The van der Waals surface area contributed by atoms with Crippen molar-refractivity contribution in [3.8, 4) is 5.75 Å². The Balaban J connectivity index is 1.70. The molecule has 3 aromatic rings. The Hall–Kier alpha value is -3.30. The van der Waals surface area contributed by atoms with Crippen molar-refractivity contribution in [2.45, 2.75) is 31.8 Å². The number of fused-ring (bicyclic) bond motifs is 1. The van der Waals surface area contributed by atoms with Crippen LogP contribution in [0.25, 0.3) is 10.9 Å². The predicted octanol–water partition coefficient (Wildman–Crippen LogP) is 5.84. The molecule has 0 aliphatic heterocycles. The van der Waals surface area contributed by atoms with Crippen LogP contribution in [0.3, 0.4) is 0 Å². The molecule has 2 aromatic carbocycles. The highest BCUT2D eigenvalue weighted by Gasteiger charge is 2.21. The summed E-state index contributed by atoms with van der Waals surface area (Å²) >= 11 is 5.90. The zero-order chi connectivity index (χ0) is 24.9. The second-order valence-electron chi connectivity index (χ2n) is 8.63. The summed E-state index contributed by atoms with van der Waals surface area (Å²) in [4.78, 5) is 22.9. The third kappa shape index (κ3) is 6.23. The van der Waals surface area contributed by atoms with Crippen molar-refractivity contribution in [2.24, 2.45) is 0 Å². The SMILES string of the molecule is CN(C)C/C=C(\F)C(=O)Nc1cc2c(Nc3ccc(F)c(Cl)c3)ncnc2cc1OC1CCCC1. The van der Waals surface area contributed by atoms with E-state index in [-0.39, 0.29) is 17.7 Å². The molecule has 0 unspecified atom stereocenters. The van der Waals surface area contributed by atoms with Gasteiger partial charge < -0.3 is 20.3 Å². The number of anilines is 3. The molecule has 0 saturated heterocycles. The van der Waals surface area contributed by atoms with Gasteiger partial charge in [-0.2, -0.15) is 0 Å². The molecule has 1 heterocycles. The van der Waals surface area contributed by atoms with Gasteiger partial charge in [-0.15, -0.1) is 0 Å². The minimum absolute atomic E-state index is 0.0121. The Kier molecular flexibility index (Phi) is 7.77. The molecule has 1 aliphatic rings. The van der Waals surface area contributed by atoms with Crippen molar-refractivity contribution in [1.29, 1.82) is 0 Å². The quantitative estimate of drug-likeness (QED) is 0.377. The first-order valence-corrected chi connectivity index (χ1v) is 11.7. The summed E-state index contributed by atoms with van der Waals surface area (Å²) in [7, 11) is 3.56. The average Bonchev–Trinajstić information content (AvgIpc) is 3.33. The number of ether oxygens (including phenoxy) is 1. The highest BCUT2D eigenvalue weighted by Crippen LogP contribution is 2.36. The van der Waals surface area contributed by atoms with Crippen LogP contribution in [0.4, 0.5) is 26.0 Å². The van der Waals surface area contributed by atoms with Crippen LogP contribution in [-0.4, -0.2) is 47.5 Å². The smallest absolute Gasteiger partial charge is 0.284 e. The molecule has 1 fully saturated rings. The number of carbonyl (C=O) groups is 1. The standard InChI is InChI=1S/C25H26ClF2N5O2/c1-33(2)10-9-20(28)25(34)32-22-12-17-21(13-23(22)35-16-5-3-4-6-16)29-14-30-24(17)31-15-7-8-19(27)18(26)11-15/h7-9,11-14,16H,3-6,10H2,1-2H3,(H,32,34)(H,29,30,31)/b20-9-. The zero-order valence-corrected chi connectivity index (χ0v) is 20.2. The van der Waals surface area contributed by atoms with Gasteiger partial charge in [-0.1, -0.05) is 11.6 Å². The van der Waals surface area contributed by atoms with Gasteiger partial charge in [-0.05, 0) is 70.1 Å². The van der Waals surface area contributed by atoms with Crippen LogP contribution in [0, 0.1) is 5.82 Å². The fraction of sp³-hybridized carbons (Fsp3) is 0.320. The maximum absolute atomic E-state index is 14.4. The highest BCUT2D eigenvalue weighted by atomic mass is 35.5. The van der Waals surface area contributed by atoms with Crippen LogP contribution >= 0.6 is 11.6 Å². The summed E-state index contributed by atoms with van der Waals surface area (Å²) < 4.78 is 34.2. The summed E-state index contributed by atoms with van der Waals surface area (Å²) in [5, 5.41) is 6.25. The first-order valence-electron chi connectivity index (χ1n) is 11.3. The lowest BCUT2D eigenvalue weighted by atomic mass is 10.1. The lowest BCUT2D eigenvalue weighted by molar-refractivity contribution is -0.114. The van der Waals surface area contributed by atoms with Gasteiger partial charge in [0.25, 0.3) is 5.91 Å². The number of hydrogen-bond acceptors (Lipinski definition) is 6. The Bertz CT molecular complexity index is 1260. The number of hydrogen-bond donors (Lipinski definition) is 2. The van der Waals surface area contributed by atoms with Crippen LogP contribution in [-0.2, 0) is 4.79 Å². The average molecular weight is 502 g/mol. The lowest BCUT2D eigenvalue weighted by Crippen LogP contribution is -2.18. The summed E-state index contributed by atoms with van der Waals surface area (Å²) in [6.45, 7) is 0.282. The van der Waals surface area contributed by atoms with Gasteiger partial charge in [0.05, 0.1) is 22.3 Å². The molecule has 1 aliphatic carbocycles. The molecule has 0 atom stereocenters. The molecule has 35 heavy (non-hydrogen) atoms. The summed E-state index contributed by atoms with van der Waals surface area (Å²) in [5.41, 5.74) is 1.38. The maximum Gasteiger partial charge on any atom is 0.284 e. The van der Waals surface area contributed by atoms with E-state index in [0.29, 0.717) is 33.8 Å². The van der Waals surface area contributed by atoms with E-state index in [2.05, 4.69) is 20.6 Å². The van der Waals surface area contributed by atoms with E-state index in [4.69, 9.17) is 16.3 Å². The molecule has 0 spiro atoms. The topological polar surface area (TPSA) is 79.4 Å². The minimum Gasteiger partial charge on any atom is -0.488 e. The van der Waals surface area contributed by atoms with Crippen LogP contribution < -0.4 is 15.4 Å². The lowest BCUT2D eigenvalue weighted by Gasteiger charge is -2.18. The maximum atomic E-state index is 14.4. The third-order valence-electron chi connectivity index (χ3n) is 5.62. The fourth-order valence-electron chi connectivity index (χ4n) is 3.81. The van der Waals surface area contributed by atoms with Gasteiger partial charge in [0.2, 0.25) is 0 Å². The summed E-state index contributed by atoms with van der Waals surface area (Å²) in [6.07, 6.45) is 6.56. The monoisotopic (exact) mass is 501 g/mol. The van der Waals surface area contributed by atoms with Crippen LogP contribution in [0.5, 0.6) is 5.75 Å². The van der Waals surface area contributed by atoms with E-state index in [0.717, 1.165) is 25.7 Å². The van der Waals surface area contributed by atoms with Crippen molar-refractivity contribution in [1.82, 2.24) is 14.9 Å². The van der Waals surface area contributed by atoms with Gasteiger partial charge in [0, 0.05) is 23.7 Å². The van der Waals surface area contributed by atoms with Gasteiger partial charge in [-0.3, -0.25) is 4.79 Å². The highest BCUT2D eigenvalue weighted by molar-refractivity contribution is 6.31. The largest absolute Gasteiger partial charge is 0.488 e. The van der Waals surface area contributed by atoms with E-state index in [1.54, 1.807) is 31.1 Å². The second kappa shape index (κ2) is 11.0. The van der Waals surface area contributed by atoms with Crippen molar-refractivity contribution < 1.29 is 18.3 Å². The fourth-order valence-corrected chi connectivity index (χ4v) is 3.99. The van der Waals surface area contributed by atoms with Gasteiger partial charge in [0.15, 0.2) is 5.83 Å². The van der Waals surface area contributed by atoms with Gasteiger partial charge in [-0.25, -0.2) is 18.7 Å². The minimum atomic E-state index is -0.894. The molecule has 0 bridgehead atoms. The number of amides is 1. The van der Waals surface area contributed by atoms with E-state index in [9.17, 15) is 13.6 Å². The molecule has 1 saturated carbocycles. The Morgan fingerprint density at radius 2 is 2.00 bits per heavy atom. The van der Waals surface area contributed by atoms with Crippen molar-refractivity contribution >= 4 is 45.6 Å². The van der Waals surface area contributed by atoms with Crippen molar-refractivity contribution in [3.05, 3.63) is 59.4 Å². The Morgan fingerprint density at radius 3 is 2.71 bits per heavy atom. The zero-order valence-electron chi connectivity index (χ0n) is 19.4. The molecule has 7 nitrogen and oxygen atoms in total.